The highest BCUT2D eigenvalue weighted by atomic mass is 16.5. The van der Waals surface area contributed by atoms with Crippen LogP contribution >= 0.6 is 0 Å². The molecule has 4 heteroatoms. The molecular weight excluding hydrogens is 180 g/mol. The Morgan fingerprint density at radius 3 is 2.57 bits per heavy atom. The molecule has 1 amide bonds. The predicted molar refractivity (Wildman–Crippen MR) is 52.7 cm³/mol. The van der Waals surface area contributed by atoms with Crippen LogP contribution in [0.25, 0.3) is 0 Å². The number of amides is 1. The molecular formula is C10H18N2O2. The Bertz CT molecular complexity index is 206. The van der Waals surface area contributed by atoms with Gasteiger partial charge in [-0.1, -0.05) is 0 Å². The highest BCUT2D eigenvalue weighted by molar-refractivity contribution is 5.79. The van der Waals surface area contributed by atoms with E-state index in [0.29, 0.717) is 12.6 Å². The molecule has 0 aromatic carbocycles. The van der Waals surface area contributed by atoms with Gasteiger partial charge in [-0.05, 0) is 19.3 Å². The predicted octanol–water partition coefficient (Wildman–Crippen LogP) is -0.0274. The summed E-state index contributed by atoms with van der Waals surface area (Å²) in [4.78, 5) is 13.9. The van der Waals surface area contributed by atoms with E-state index in [1.165, 1.54) is 0 Å². The Morgan fingerprint density at radius 2 is 2.00 bits per heavy atom. The van der Waals surface area contributed by atoms with Gasteiger partial charge < -0.3 is 15.4 Å². The third kappa shape index (κ3) is 2.07. The Balaban J connectivity index is 1.85. The lowest BCUT2D eigenvalue weighted by molar-refractivity contribution is -0.136. The zero-order chi connectivity index (χ0) is 9.97. The van der Waals surface area contributed by atoms with Crippen LogP contribution in [0.15, 0.2) is 0 Å². The fourth-order valence-electron chi connectivity index (χ4n) is 2.11. The van der Waals surface area contributed by atoms with Crippen molar-refractivity contribution in [3.8, 4) is 0 Å². The molecule has 0 spiro atoms. The van der Waals surface area contributed by atoms with Gasteiger partial charge in [-0.15, -0.1) is 0 Å². The summed E-state index contributed by atoms with van der Waals surface area (Å²) in [6.07, 6.45) is 2.78. The van der Waals surface area contributed by atoms with Crippen LogP contribution in [0, 0.1) is 5.92 Å². The van der Waals surface area contributed by atoms with Crippen molar-refractivity contribution in [1.29, 1.82) is 0 Å². The number of nitrogens with zero attached hydrogens (tertiary/aromatic N) is 1. The number of piperidine rings is 1. The fraction of sp³-hybridized carbons (Fsp3) is 0.900. The van der Waals surface area contributed by atoms with E-state index in [9.17, 15) is 4.79 Å². The maximum absolute atomic E-state index is 11.9. The molecule has 14 heavy (non-hydrogen) atoms. The minimum atomic E-state index is 0.115. The molecule has 0 saturated carbocycles. The van der Waals surface area contributed by atoms with Crippen molar-refractivity contribution in [2.45, 2.75) is 25.3 Å². The number of likely N-dealkylation sites (tertiary alicyclic amines) is 1. The Labute approximate surface area is 84.4 Å². The van der Waals surface area contributed by atoms with Crippen LogP contribution in [0.4, 0.5) is 0 Å². The fourth-order valence-corrected chi connectivity index (χ4v) is 2.11. The summed E-state index contributed by atoms with van der Waals surface area (Å²) in [6.45, 7) is 3.01. The van der Waals surface area contributed by atoms with Crippen molar-refractivity contribution in [1.82, 2.24) is 4.90 Å². The van der Waals surface area contributed by atoms with Crippen LogP contribution in [0.3, 0.4) is 0 Å². The van der Waals surface area contributed by atoms with Crippen molar-refractivity contribution in [2.75, 3.05) is 26.3 Å². The lowest BCUT2D eigenvalue weighted by Gasteiger charge is -2.31. The summed E-state index contributed by atoms with van der Waals surface area (Å²) in [6, 6.07) is 0.291. The zero-order valence-corrected chi connectivity index (χ0v) is 8.45. The maximum Gasteiger partial charge on any atom is 0.228 e. The molecule has 2 rings (SSSR count). The van der Waals surface area contributed by atoms with Crippen molar-refractivity contribution in [2.24, 2.45) is 11.7 Å². The molecule has 80 valence electrons. The van der Waals surface area contributed by atoms with Gasteiger partial charge in [0.15, 0.2) is 0 Å². The lowest BCUT2D eigenvalue weighted by atomic mass is 10.0. The van der Waals surface area contributed by atoms with Crippen molar-refractivity contribution < 1.29 is 9.53 Å². The number of carbonyl (C=O) groups is 1. The molecule has 0 bridgehead atoms. The monoisotopic (exact) mass is 198 g/mol. The topological polar surface area (TPSA) is 55.6 Å². The van der Waals surface area contributed by atoms with Crippen LogP contribution in [0.1, 0.15) is 19.3 Å². The van der Waals surface area contributed by atoms with Crippen molar-refractivity contribution in [3.05, 3.63) is 0 Å². The Morgan fingerprint density at radius 1 is 1.29 bits per heavy atom. The smallest absolute Gasteiger partial charge is 0.228 e. The molecule has 4 nitrogen and oxygen atoms in total. The average Bonchev–Trinajstić information content (AvgIpc) is 2.71. The minimum absolute atomic E-state index is 0.115. The summed E-state index contributed by atoms with van der Waals surface area (Å²) >= 11 is 0. The molecule has 2 aliphatic rings. The van der Waals surface area contributed by atoms with Crippen LogP contribution < -0.4 is 5.73 Å². The van der Waals surface area contributed by atoms with Crippen LogP contribution in [0.2, 0.25) is 0 Å². The first kappa shape index (κ1) is 9.93. The number of nitrogens with two attached hydrogens (primary N) is 1. The van der Waals surface area contributed by atoms with Crippen LogP contribution in [-0.2, 0) is 9.53 Å². The van der Waals surface area contributed by atoms with Gasteiger partial charge in [0.2, 0.25) is 5.91 Å². The quantitative estimate of drug-likeness (QED) is 0.644. The molecule has 1 unspecified atom stereocenters. The average molecular weight is 198 g/mol. The van der Waals surface area contributed by atoms with Gasteiger partial charge in [-0.2, -0.15) is 0 Å². The van der Waals surface area contributed by atoms with Gasteiger partial charge in [0, 0.05) is 25.7 Å². The number of hydrogen-bond donors (Lipinski definition) is 1. The first-order valence-electron chi connectivity index (χ1n) is 5.39. The summed E-state index contributed by atoms with van der Waals surface area (Å²) in [5.74, 6) is 0.388. The number of ether oxygens (including phenoxy) is 1. The van der Waals surface area contributed by atoms with E-state index in [1.807, 2.05) is 4.90 Å². The molecule has 2 aliphatic heterocycles. The number of hydrogen-bond acceptors (Lipinski definition) is 3. The van der Waals surface area contributed by atoms with E-state index < -0.39 is 0 Å². The first-order valence-corrected chi connectivity index (χ1v) is 5.39. The highest BCUT2D eigenvalue weighted by Crippen LogP contribution is 2.18. The largest absolute Gasteiger partial charge is 0.381 e. The summed E-state index contributed by atoms with van der Waals surface area (Å²) in [7, 11) is 0. The van der Waals surface area contributed by atoms with E-state index in [1.54, 1.807) is 0 Å². The molecule has 2 N–H and O–H groups in total. The molecule has 0 aliphatic carbocycles. The van der Waals surface area contributed by atoms with Gasteiger partial charge in [0.1, 0.15) is 0 Å². The second kappa shape index (κ2) is 4.28. The molecule has 0 aromatic heterocycles. The second-order valence-corrected chi connectivity index (χ2v) is 4.22. The first-order chi connectivity index (χ1) is 6.77. The van der Waals surface area contributed by atoms with E-state index in [4.69, 9.17) is 10.5 Å². The van der Waals surface area contributed by atoms with Gasteiger partial charge in [0.25, 0.3) is 0 Å². The van der Waals surface area contributed by atoms with Gasteiger partial charge >= 0.3 is 0 Å². The molecule has 1 atom stereocenters. The van der Waals surface area contributed by atoms with Gasteiger partial charge in [0.05, 0.1) is 12.5 Å². The molecule has 2 saturated heterocycles. The second-order valence-electron chi connectivity index (χ2n) is 4.22. The van der Waals surface area contributed by atoms with Crippen molar-refractivity contribution in [3.63, 3.8) is 0 Å². The third-order valence-electron chi connectivity index (χ3n) is 3.13. The minimum Gasteiger partial charge on any atom is -0.381 e. The number of rotatable bonds is 1. The van der Waals surface area contributed by atoms with Crippen LogP contribution in [-0.4, -0.2) is 43.2 Å². The standard InChI is InChI=1S/C10H18N2O2/c11-9-1-4-12(5-2-9)10(13)8-3-6-14-7-8/h8-9H,1-7,11H2. The van der Waals surface area contributed by atoms with E-state index in [0.717, 1.165) is 39.0 Å². The Kier molecular flexibility index (Phi) is 3.03. The molecule has 0 aromatic rings. The van der Waals surface area contributed by atoms with Crippen LogP contribution in [0.5, 0.6) is 0 Å². The summed E-state index contributed by atoms with van der Waals surface area (Å²) in [5, 5.41) is 0. The van der Waals surface area contributed by atoms with Crippen molar-refractivity contribution >= 4 is 5.91 Å². The lowest BCUT2D eigenvalue weighted by Crippen LogP contribution is -2.45. The summed E-state index contributed by atoms with van der Waals surface area (Å²) < 4.78 is 5.22. The normalized spacial score (nSPS) is 29.5. The van der Waals surface area contributed by atoms with Gasteiger partial charge in [-0.25, -0.2) is 0 Å². The molecule has 2 fully saturated rings. The summed E-state index contributed by atoms with van der Waals surface area (Å²) in [5.41, 5.74) is 5.79. The molecule has 2 heterocycles. The van der Waals surface area contributed by atoms with E-state index in [2.05, 4.69) is 0 Å². The maximum atomic E-state index is 11.9. The highest BCUT2D eigenvalue weighted by Gasteiger charge is 2.29. The molecule has 0 radical (unpaired) electrons. The van der Waals surface area contributed by atoms with E-state index in [-0.39, 0.29) is 11.8 Å². The SMILES string of the molecule is NC1CCN(C(=O)C2CCOC2)CC1. The third-order valence-corrected chi connectivity index (χ3v) is 3.13. The zero-order valence-electron chi connectivity index (χ0n) is 8.45. The van der Waals surface area contributed by atoms with E-state index >= 15 is 0 Å². The number of carbonyl (C=O) groups excluding carboxylic acids is 1. The Hall–Kier alpha value is -0.610. The van der Waals surface area contributed by atoms with Gasteiger partial charge in [-0.3, -0.25) is 4.79 Å².